The molecule has 0 aromatic carbocycles. The standard InChI is InChI=1S/C29H39NO4/c1-4-20(28-18(2)13-16-25(34-28)19(3)29(32)33)8-5-10-22-15-14-21-9-6-11-23(21)26(22)27(31)24-12-7-17-30-24/h5,7-8,10,12,14-15,17-19,21-23,25-26,28,30H,4,6,9,11,13,16H2,1-3H3,(H,32,33)/b10-5+,20-8+/t18-,19-,21-,22+,23+,25-,26-,28+/m1/s1. The number of Topliss-reactive ketones (excluding diaryl/α,β-unsaturated/α-hetero) is 1. The van der Waals surface area contributed by atoms with Gasteiger partial charge in [-0.2, -0.15) is 0 Å². The van der Waals surface area contributed by atoms with Crippen LogP contribution in [-0.2, 0) is 9.53 Å². The minimum absolute atomic E-state index is 0.0310. The first kappa shape index (κ1) is 24.7. The molecule has 0 unspecified atom stereocenters. The molecule has 184 valence electrons. The zero-order valence-corrected chi connectivity index (χ0v) is 20.7. The number of rotatable bonds is 8. The first-order valence-corrected chi connectivity index (χ1v) is 13.0. The summed E-state index contributed by atoms with van der Waals surface area (Å²) >= 11 is 0. The molecule has 1 aromatic heterocycles. The van der Waals surface area contributed by atoms with Gasteiger partial charge in [-0.15, -0.1) is 0 Å². The van der Waals surface area contributed by atoms with Crippen LogP contribution in [0.1, 0.15) is 69.8 Å². The number of carbonyl (C=O) groups is 2. The molecular weight excluding hydrogens is 426 g/mol. The van der Waals surface area contributed by atoms with Crippen LogP contribution in [-0.4, -0.2) is 34.1 Å². The smallest absolute Gasteiger partial charge is 0.308 e. The Morgan fingerprint density at radius 2 is 2.06 bits per heavy atom. The van der Waals surface area contributed by atoms with Gasteiger partial charge in [0.05, 0.1) is 23.8 Å². The van der Waals surface area contributed by atoms with Crippen molar-refractivity contribution in [1.29, 1.82) is 0 Å². The highest BCUT2D eigenvalue weighted by Crippen LogP contribution is 2.46. The van der Waals surface area contributed by atoms with Gasteiger partial charge in [0.2, 0.25) is 0 Å². The fourth-order valence-corrected chi connectivity index (χ4v) is 6.26. The number of aromatic nitrogens is 1. The molecule has 0 bridgehead atoms. The van der Waals surface area contributed by atoms with E-state index in [9.17, 15) is 14.7 Å². The maximum absolute atomic E-state index is 13.4. The third-order valence-electron chi connectivity index (χ3n) is 8.36. The minimum atomic E-state index is -0.799. The quantitative estimate of drug-likeness (QED) is 0.272. The van der Waals surface area contributed by atoms with Crippen LogP contribution in [0.4, 0.5) is 0 Å². The summed E-state index contributed by atoms with van der Waals surface area (Å²) in [5, 5.41) is 9.43. The molecule has 5 nitrogen and oxygen atoms in total. The Balaban J connectivity index is 1.53. The summed E-state index contributed by atoms with van der Waals surface area (Å²) < 4.78 is 6.33. The van der Waals surface area contributed by atoms with Gasteiger partial charge in [-0.05, 0) is 74.5 Å². The number of nitrogens with one attached hydrogen (secondary N) is 1. The van der Waals surface area contributed by atoms with Crippen molar-refractivity contribution < 1.29 is 19.4 Å². The van der Waals surface area contributed by atoms with Crippen molar-refractivity contribution in [1.82, 2.24) is 4.98 Å². The number of carboxylic acids is 1. The molecule has 2 fully saturated rings. The first-order chi connectivity index (χ1) is 16.4. The van der Waals surface area contributed by atoms with E-state index in [-0.39, 0.29) is 29.8 Å². The number of ketones is 1. The molecule has 0 amide bonds. The molecule has 1 saturated carbocycles. The van der Waals surface area contributed by atoms with E-state index >= 15 is 0 Å². The van der Waals surface area contributed by atoms with Crippen LogP contribution in [0.2, 0.25) is 0 Å². The van der Waals surface area contributed by atoms with Gasteiger partial charge < -0.3 is 14.8 Å². The van der Waals surface area contributed by atoms with Crippen molar-refractivity contribution in [2.45, 2.75) is 71.5 Å². The molecule has 2 N–H and O–H groups in total. The van der Waals surface area contributed by atoms with Crippen molar-refractivity contribution in [3.63, 3.8) is 0 Å². The highest BCUT2D eigenvalue weighted by Gasteiger charge is 2.42. The van der Waals surface area contributed by atoms with E-state index in [1.165, 1.54) is 18.4 Å². The van der Waals surface area contributed by atoms with Gasteiger partial charge >= 0.3 is 5.97 Å². The fraction of sp³-hybridized carbons (Fsp3) is 0.586. The SMILES string of the molecule is CC/C(=C\C=C\[C@H]1C=C[C@H]2CCC[C@@H]2[C@@H]1C(=O)c1ccc[nH]1)[C@H]1O[C@@H]([C@@H](C)C(=O)O)CC[C@H]1C. The average Bonchev–Trinajstić information content (AvgIpc) is 3.53. The lowest BCUT2D eigenvalue weighted by molar-refractivity contribution is -0.152. The monoisotopic (exact) mass is 465 g/mol. The number of fused-ring (bicyclic) bond motifs is 1. The molecule has 2 heterocycles. The van der Waals surface area contributed by atoms with Gasteiger partial charge in [0.1, 0.15) is 0 Å². The van der Waals surface area contributed by atoms with Crippen LogP contribution < -0.4 is 0 Å². The Morgan fingerprint density at radius 1 is 1.24 bits per heavy atom. The molecule has 4 rings (SSSR count). The fourth-order valence-electron chi connectivity index (χ4n) is 6.26. The van der Waals surface area contributed by atoms with Gasteiger partial charge in [-0.1, -0.05) is 50.6 Å². The van der Waals surface area contributed by atoms with E-state index in [1.807, 2.05) is 18.3 Å². The molecule has 8 atom stereocenters. The van der Waals surface area contributed by atoms with Crippen LogP contribution >= 0.6 is 0 Å². The number of ether oxygens (including phenoxy) is 1. The molecule has 1 saturated heterocycles. The van der Waals surface area contributed by atoms with Crippen molar-refractivity contribution in [3.8, 4) is 0 Å². The zero-order valence-electron chi connectivity index (χ0n) is 20.7. The highest BCUT2D eigenvalue weighted by molar-refractivity contribution is 5.97. The van der Waals surface area contributed by atoms with E-state index < -0.39 is 11.9 Å². The molecule has 0 radical (unpaired) electrons. The number of carbonyl (C=O) groups excluding carboxylic acids is 1. The van der Waals surface area contributed by atoms with Crippen LogP contribution in [0.5, 0.6) is 0 Å². The zero-order chi connectivity index (χ0) is 24.2. The summed E-state index contributed by atoms with van der Waals surface area (Å²) in [6.45, 7) is 6.05. The Hall–Kier alpha value is -2.40. The number of carboxylic acid groups (broad SMARTS) is 1. The lowest BCUT2D eigenvalue weighted by Gasteiger charge is -2.37. The van der Waals surface area contributed by atoms with Crippen LogP contribution in [0.15, 0.2) is 54.3 Å². The number of aromatic amines is 1. The lowest BCUT2D eigenvalue weighted by atomic mass is 9.69. The minimum Gasteiger partial charge on any atom is -0.481 e. The highest BCUT2D eigenvalue weighted by atomic mass is 16.5. The second-order valence-electron chi connectivity index (χ2n) is 10.5. The number of hydrogen-bond acceptors (Lipinski definition) is 3. The third kappa shape index (κ3) is 5.14. The van der Waals surface area contributed by atoms with E-state index in [2.05, 4.69) is 49.2 Å². The van der Waals surface area contributed by atoms with Crippen molar-refractivity contribution in [2.24, 2.45) is 35.5 Å². The van der Waals surface area contributed by atoms with Crippen LogP contribution in [0.25, 0.3) is 0 Å². The van der Waals surface area contributed by atoms with Gasteiger partial charge in [0.25, 0.3) is 0 Å². The number of aliphatic carboxylic acids is 1. The number of H-pyrrole nitrogens is 1. The Labute approximate surface area is 203 Å². The van der Waals surface area contributed by atoms with E-state index in [4.69, 9.17) is 4.74 Å². The molecule has 1 aliphatic heterocycles. The third-order valence-corrected chi connectivity index (χ3v) is 8.36. The molecule has 5 heteroatoms. The molecule has 2 aliphatic carbocycles. The topological polar surface area (TPSA) is 79.4 Å². The van der Waals surface area contributed by atoms with Crippen molar-refractivity contribution in [2.75, 3.05) is 0 Å². The Bertz CT molecular complexity index is 943. The molecule has 0 spiro atoms. The molecular formula is C29H39NO4. The summed E-state index contributed by atoms with van der Waals surface area (Å²) in [5.74, 6) is 0.237. The largest absolute Gasteiger partial charge is 0.481 e. The summed E-state index contributed by atoms with van der Waals surface area (Å²) in [6.07, 6.45) is 18.6. The maximum atomic E-state index is 13.4. The predicted molar refractivity (Wildman–Crippen MR) is 133 cm³/mol. The van der Waals surface area contributed by atoms with Crippen molar-refractivity contribution >= 4 is 11.8 Å². The summed E-state index contributed by atoms with van der Waals surface area (Å²) in [5.41, 5.74) is 1.90. The second-order valence-corrected chi connectivity index (χ2v) is 10.5. The first-order valence-electron chi connectivity index (χ1n) is 13.0. The maximum Gasteiger partial charge on any atom is 0.308 e. The van der Waals surface area contributed by atoms with Crippen LogP contribution in [0.3, 0.4) is 0 Å². The summed E-state index contributed by atoms with van der Waals surface area (Å²) in [4.78, 5) is 28.0. The van der Waals surface area contributed by atoms with Gasteiger partial charge in [0.15, 0.2) is 5.78 Å². The molecule has 1 aromatic rings. The normalized spacial score (nSPS) is 34.8. The molecule has 3 aliphatic rings. The van der Waals surface area contributed by atoms with E-state index in [1.54, 1.807) is 6.92 Å². The molecule has 34 heavy (non-hydrogen) atoms. The van der Waals surface area contributed by atoms with E-state index in [0.717, 1.165) is 25.7 Å². The predicted octanol–water partition coefficient (Wildman–Crippen LogP) is 6.21. The summed E-state index contributed by atoms with van der Waals surface area (Å²) in [7, 11) is 0. The number of allylic oxidation sites excluding steroid dienone is 5. The lowest BCUT2D eigenvalue weighted by Crippen LogP contribution is -2.40. The van der Waals surface area contributed by atoms with Gasteiger partial charge in [-0.25, -0.2) is 0 Å². The summed E-state index contributed by atoms with van der Waals surface area (Å²) in [6, 6.07) is 3.78. The second kappa shape index (κ2) is 10.9. The van der Waals surface area contributed by atoms with Crippen LogP contribution in [0, 0.1) is 35.5 Å². The average molecular weight is 466 g/mol. The van der Waals surface area contributed by atoms with E-state index in [0.29, 0.717) is 23.4 Å². The van der Waals surface area contributed by atoms with Crippen molar-refractivity contribution in [3.05, 3.63) is 60.0 Å². The van der Waals surface area contributed by atoms with Gasteiger partial charge in [0, 0.05) is 18.0 Å². The van der Waals surface area contributed by atoms with Gasteiger partial charge in [-0.3, -0.25) is 9.59 Å². The number of hydrogen-bond donors (Lipinski definition) is 2. The Kier molecular flexibility index (Phi) is 7.92. The Morgan fingerprint density at radius 3 is 2.76 bits per heavy atom.